The fraction of sp³-hybridized carbons (Fsp3) is 0.192. The second kappa shape index (κ2) is 11.0. The monoisotopic (exact) mass is 542 g/mol. The molecule has 1 aliphatic rings. The Morgan fingerprint density at radius 1 is 1.12 bits per heavy atom. The van der Waals surface area contributed by atoms with Crippen molar-refractivity contribution >= 4 is 45.4 Å². The SMILES string of the molecule is CCc1ccc(N[C@H]2NC(=O)/C(=C/c3cc(Br)c(OCc4ccc(F)cc4)c(OC)c3)S2)cc1. The summed E-state index contributed by atoms with van der Waals surface area (Å²) in [5.41, 5.74) is 3.59. The Labute approximate surface area is 210 Å². The molecule has 0 spiro atoms. The minimum Gasteiger partial charge on any atom is -0.493 e. The quantitative estimate of drug-likeness (QED) is 0.325. The highest BCUT2D eigenvalue weighted by Crippen LogP contribution is 2.39. The van der Waals surface area contributed by atoms with Crippen molar-refractivity contribution in [3.8, 4) is 11.5 Å². The number of carbonyl (C=O) groups excluding carboxylic acids is 1. The van der Waals surface area contributed by atoms with Crippen molar-refractivity contribution in [3.05, 3.63) is 92.5 Å². The van der Waals surface area contributed by atoms with Gasteiger partial charge in [0, 0.05) is 5.69 Å². The van der Waals surface area contributed by atoms with Gasteiger partial charge in [0.1, 0.15) is 12.4 Å². The van der Waals surface area contributed by atoms with E-state index in [-0.39, 0.29) is 23.8 Å². The molecule has 1 heterocycles. The molecular weight excluding hydrogens is 519 g/mol. The molecule has 5 nitrogen and oxygen atoms in total. The Morgan fingerprint density at radius 3 is 2.50 bits per heavy atom. The van der Waals surface area contributed by atoms with E-state index in [1.807, 2.05) is 30.3 Å². The van der Waals surface area contributed by atoms with Crippen molar-refractivity contribution in [1.82, 2.24) is 5.32 Å². The van der Waals surface area contributed by atoms with E-state index in [9.17, 15) is 9.18 Å². The topological polar surface area (TPSA) is 59.6 Å². The van der Waals surface area contributed by atoms with Crippen LogP contribution in [-0.4, -0.2) is 18.5 Å². The van der Waals surface area contributed by atoms with E-state index in [0.717, 1.165) is 23.2 Å². The highest BCUT2D eigenvalue weighted by atomic mass is 79.9. The van der Waals surface area contributed by atoms with Gasteiger partial charge in [-0.15, -0.1) is 0 Å². The molecule has 8 heteroatoms. The number of halogens is 2. The van der Waals surface area contributed by atoms with Crippen LogP contribution in [0, 0.1) is 5.82 Å². The maximum Gasteiger partial charge on any atom is 0.260 e. The van der Waals surface area contributed by atoms with Crippen molar-refractivity contribution in [2.24, 2.45) is 0 Å². The number of hydrogen-bond donors (Lipinski definition) is 2. The number of aryl methyl sites for hydroxylation is 1. The second-order valence-corrected chi connectivity index (χ2v) is 9.63. The van der Waals surface area contributed by atoms with Crippen LogP contribution in [0.1, 0.15) is 23.6 Å². The first-order valence-electron chi connectivity index (χ1n) is 10.7. The van der Waals surface area contributed by atoms with Crippen LogP contribution in [0.25, 0.3) is 6.08 Å². The number of hydrogen-bond acceptors (Lipinski definition) is 5. The molecule has 0 radical (unpaired) electrons. The van der Waals surface area contributed by atoms with Gasteiger partial charge in [-0.3, -0.25) is 4.79 Å². The molecule has 1 atom stereocenters. The summed E-state index contributed by atoms with van der Waals surface area (Å²) >= 11 is 4.96. The summed E-state index contributed by atoms with van der Waals surface area (Å²) in [6, 6.07) is 18.0. The molecular formula is C26H24BrFN2O3S. The lowest BCUT2D eigenvalue weighted by Gasteiger charge is -2.14. The lowest BCUT2D eigenvalue weighted by atomic mass is 10.1. The molecule has 0 saturated carbocycles. The van der Waals surface area contributed by atoms with Crippen molar-refractivity contribution in [2.45, 2.75) is 25.4 Å². The van der Waals surface area contributed by atoms with Gasteiger partial charge < -0.3 is 20.1 Å². The van der Waals surface area contributed by atoms with E-state index in [1.165, 1.54) is 29.5 Å². The van der Waals surface area contributed by atoms with E-state index < -0.39 is 0 Å². The van der Waals surface area contributed by atoms with Crippen LogP contribution in [0.2, 0.25) is 0 Å². The highest BCUT2D eigenvalue weighted by molar-refractivity contribution is 9.10. The Kier molecular flexibility index (Phi) is 7.80. The average molecular weight is 543 g/mol. The summed E-state index contributed by atoms with van der Waals surface area (Å²) in [4.78, 5) is 13.1. The molecule has 1 aliphatic heterocycles. The third kappa shape index (κ3) is 5.93. The van der Waals surface area contributed by atoms with Crippen molar-refractivity contribution < 1.29 is 18.7 Å². The lowest BCUT2D eigenvalue weighted by molar-refractivity contribution is -0.116. The fourth-order valence-corrected chi connectivity index (χ4v) is 4.96. The van der Waals surface area contributed by atoms with Crippen LogP contribution < -0.4 is 20.1 Å². The molecule has 0 aromatic heterocycles. The summed E-state index contributed by atoms with van der Waals surface area (Å²) < 4.78 is 25.3. The van der Waals surface area contributed by atoms with E-state index >= 15 is 0 Å². The van der Waals surface area contributed by atoms with Crippen molar-refractivity contribution in [1.29, 1.82) is 0 Å². The number of nitrogens with one attached hydrogen (secondary N) is 2. The average Bonchev–Trinajstić information content (AvgIpc) is 3.17. The molecule has 1 saturated heterocycles. The molecule has 3 aromatic carbocycles. The fourth-order valence-electron chi connectivity index (χ4n) is 3.40. The van der Waals surface area contributed by atoms with E-state index in [2.05, 4.69) is 45.6 Å². The molecule has 4 rings (SSSR count). The van der Waals surface area contributed by atoms with Gasteiger partial charge in [-0.25, -0.2) is 4.39 Å². The Morgan fingerprint density at radius 2 is 1.82 bits per heavy atom. The summed E-state index contributed by atoms with van der Waals surface area (Å²) in [7, 11) is 1.56. The minimum atomic E-state index is -0.291. The Balaban J connectivity index is 1.46. The molecule has 34 heavy (non-hydrogen) atoms. The molecule has 1 amide bonds. The lowest BCUT2D eigenvalue weighted by Crippen LogP contribution is -2.30. The van der Waals surface area contributed by atoms with Crippen LogP contribution in [0.5, 0.6) is 11.5 Å². The van der Waals surface area contributed by atoms with Crippen LogP contribution in [-0.2, 0) is 17.8 Å². The predicted octanol–water partition coefficient (Wildman–Crippen LogP) is 6.34. The van der Waals surface area contributed by atoms with Gasteiger partial charge >= 0.3 is 0 Å². The Bertz CT molecular complexity index is 1200. The predicted molar refractivity (Wildman–Crippen MR) is 138 cm³/mol. The normalized spacial score (nSPS) is 16.4. The highest BCUT2D eigenvalue weighted by Gasteiger charge is 2.27. The molecule has 0 bridgehead atoms. The summed E-state index contributed by atoms with van der Waals surface area (Å²) in [5.74, 6) is 0.630. The number of anilines is 1. The number of benzene rings is 3. The van der Waals surface area contributed by atoms with Gasteiger partial charge in [0.15, 0.2) is 17.0 Å². The van der Waals surface area contributed by atoms with Gasteiger partial charge in [-0.05, 0) is 81.5 Å². The van der Waals surface area contributed by atoms with Crippen molar-refractivity contribution in [2.75, 3.05) is 12.4 Å². The molecule has 0 aliphatic carbocycles. The van der Waals surface area contributed by atoms with Crippen LogP contribution in [0.4, 0.5) is 10.1 Å². The van der Waals surface area contributed by atoms with Gasteiger partial charge in [-0.2, -0.15) is 0 Å². The van der Waals surface area contributed by atoms with Crippen LogP contribution in [0.3, 0.4) is 0 Å². The van der Waals surface area contributed by atoms with Gasteiger partial charge in [0.05, 0.1) is 16.5 Å². The standard InChI is InChI=1S/C26H24BrFN2O3S/c1-3-16-6-10-20(11-7-16)29-26-30-25(31)23(34-26)14-18-12-21(27)24(22(13-18)32-2)33-15-17-4-8-19(28)9-5-17/h4-14,26,29H,3,15H2,1-2H3,(H,30,31)/b23-14-/t26-/m0/s1. The number of methoxy groups -OCH3 is 1. The van der Waals surface area contributed by atoms with E-state index in [0.29, 0.717) is 20.9 Å². The summed E-state index contributed by atoms with van der Waals surface area (Å²) in [5, 5.41) is 6.28. The zero-order valence-corrected chi connectivity index (χ0v) is 21.1. The van der Waals surface area contributed by atoms with Crippen molar-refractivity contribution in [3.63, 3.8) is 0 Å². The maximum absolute atomic E-state index is 13.1. The summed E-state index contributed by atoms with van der Waals surface area (Å²) in [6.45, 7) is 2.38. The third-order valence-corrected chi connectivity index (χ3v) is 6.85. The zero-order valence-electron chi connectivity index (χ0n) is 18.7. The zero-order chi connectivity index (χ0) is 24.1. The smallest absolute Gasteiger partial charge is 0.260 e. The first-order chi connectivity index (χ1) is 16.4. The molecule has 3 aromatic rings. The molecule has 1 fully saturated rings. The first kappa shape index (κ1) is 24.2. The van der Waals surface area contributed by atoms with Gasteiger partial charge in [0.2, 0.25) is 0 Å². The number of amides is 1. The second-order valence-electron chi connectivity index (χ2n) is 7.62. The molecule has 176 valence electrons. The van der Waals surface area contributed by atoms with E-state index in [1.54, 1.807) is 19.2 Å². The Hall–Kier alpha value is -2.97. The number of thioether (sulfide) groups is 1. The first-order valence-corrected chi connectivity index (χ1v) is 12.4. The van der Waals surface area contributed by atoms with E-state index in [4.69, 9.17) is 9.47 Å². The maximum atomic E-state index is 13.1. The number of rotatable bonds is 8. The molecule has 0 unspecified atom stereocenters. The number of carbonyl (C=O) groups is 1. The van der Waals surface area contributed by atoms with Crippen LogP contribution >= 0.6 is 27.7 Å². The molecule has 2 N–H and O–H groups in total. The number of ether oxygens (including phenoxy) is 2. The summed E-state index contributed by atoms with van der Waals surface area (Å²) in [6.07, 6.45) is 2.80. The van der Waals surface area contributed by atoms with Crippen LogP contribution in [0.15, 0.2) is 70.0 Å². The third-order valence-electron chi connectivity index (χ3n) is 5.24. The minimum absolute atomic E-state index is 0.139. The van der Waals surface area contributed by atoms with Gasteiger partial charge in [0.25, 0.3) is 5.91 Å². The van der Waals surface area contributed by atoms with Gasteiger partial charge in [-0.1, -0.05) is 43.0 Å². The largest absolute Gasteiger partial charge is 0.493 e.